The van der Waals surface area contributed by atoms with Crippen molar-refractivity contribution in [2.45, 2.75) is 56.1 Å². The average Bonchev–Trinajstić information content (AvgIpc) is 3.03. The summed E-state index contributed by atoms with van der Waals surface area (Å²) in [6.45, 7) is 11.0. The van der Waals surface area contributed by atoms with Gasteiger partial charge in [-0.3, -0.25) is 0 Å². The lowest BCUT2D eigenvalue weighted by atomic mass is 9.79. The van der Waals surface area contributed by atoms with Gasteiger partial charge in [0.2, 0.25) is 10.0 Å². The molecule has 0 aliphatic carbocycles. The lowest BCUT2D eigenvalue weighted by Gasteiger charge is -2.40. The first-order chi connectivity index (χ1) is 21.0. The number of likely N-dealkylation sites (tertiary alicyclic amines) is 1. The van der Waals surface area contributed by atoms with Gasteiger partial charge >= 0.3 is 6.09 Å². The van der Waals surface area contributed by atoms with Gasteiger partial charge in [0, 0.05) is 44.7 Å². The average molecular weight is 622 g/mol. The van der Waals surface area contributed by atoms with Crippen LogP contribution >= 0.6 is 0 Å². The molecular weight excluding hydrogens is 577 g/mol. The van der Waals surface area contributed by atoms with Crippen molar-refractivity contribution in [3.8, 4) is 0 Å². The number of rotatable bonds is 13. The maximum Gasteiger partial charge on any atom is 0.410 e. The number of piperidine rings is 1. The summed E-state index contributed by atoms with van der Waals surface area (Å²) in [5.41, 5.74) is 2.22. The number of hydrogen-bond donors (Lipinski definition) is 0. The molecule has 3 aromatic rings. The van der Waals surface area contributed by atoms with Crippen molar-refractivity contribution < 1.29 is 22.3 Å². The number of aryl methyl sites for hydroxylation is 1. The number of carbonyl (C=O) groups is 1. The van der Waals surface area contributed by atoms with Crippen LogP contribution in [0.15, 0.2) is 96.4 Å². The van der Waals surface area contributed by atoms with E-state index in [0.29, 0.717) is 19.5 Å². The molecule has 1 aliphatic rings. The van der Waals surface area contributed by atoms with Gasteiger partial charge in [0.05, 0.1) is 4.90 Å². The lowest BCUT2D eigenvalue weighted by molar-refractivity contribution is 0.0646. The highest BCUT2D eigenvalue weighted by atomic mass is 32.2. The number of carbonyl (C=O) groups excluding carboxylic acids is 1. The maximum absolute atomic E-state index is 14.4. The van der Waals surface area contributed by atoms with Crippen LogP contribution < -0.4 is 0 Å². The molecule has 1 amide bonds. The van der Waals surface area contributed by atoms with Crippen molar-refractivity contribution in [1.29, 1.82) is 0 Å². The fraction of sp³-hybridized carbons (Fsp3) is 0.400. The second kappa shape index (κ2) is 15.0. The molecule has 44 heavy (non-hydrogen) atoms. The van der Waals surface area contributed by atoms with Gasteiger partial charge in [0.15, 0.2) is 0 Å². The predicted octanol–water partition coefficient (Wildman–Crippen LogP) is 6.39. The second-order valence-electron chi connectivity index (χ2n) is 11.9. The Hall–Kier alpha value is -3.53. The number of ether oxygens (including phenoxy) is 1. The van der Waals surface area contributed by atoms with E-state index in [4.69, 9.17) is 4.74 Å². The van der Waals surface area contributed by atoms with E-state index in [1.165, 1.54) is 16.4 Å². The van der Waals surface area contributed by atoms with E-state index < -0.39 is 15.4 Å². The molecule has 0 aromatic heterocycles. The Morgan fingerprint density at radius 2 is 1.75 bits per heavy atom. The summed E-state index contributed by atoms with van der Waals surface area (Å²) in [4.78, 5) is 17.4. The van der Waals surface area contributed by atoms with E-state index in [2.05, 4.69) is 11.5 Å². The van der Waals surface area contributed by atoms with Gasteiger partial charge in [-0.1, -0.05) is 73.2 Å². The molecule has 9 heteroatoms. The van der Waals surface area contributed by atoms with Gasteiger partial charge in [-0.05, 0) is 68.1 Å². The van der Waals surface area contributed by atoms with Crippen LogP contribution in [0, 0.1) is 12.7 Å². The molecule has 1 aliphatic heterocycles. The van der Waals surface area contributed by atoms with Crippen LogP contribution in [0.5, 0.6) is 0 Å². The highest BCUT2D eigenvalue weighted by molar-refractivity contribution is 7.89. The minimum Gasteiger partial charge on any atom is -0.445 e. The predicted molar refractivity (Wildman–Crippen MR) is 172 cm³/mol. The van der Waals surface area contributed by atoms with Gasteiger partial charge < -0.3 is 14.5 Å². The molecule has 3 aromatic carbocycles. The van der Waals surface area contributed by atoms with E-state index >= 15 is 0 Å². The zero-order valence-electron chi connectivity index (χ0n) is 26.0. The molecule has 0 N–H and O–H groups in total. The molecule has 1 fully saturated rings. The van der Waals surface area contributed by atoms with E-state index in [1.54, 1.807) is 54.4 Å². The van der Waals surface area contributed by atoms with Gasteiger partial charge in [0.25, 0.3) is 0 Å². The van der Waals surface area contributed by atoms with Gasteiger partial charge in [-0.2, -0.15) is 0 Å². The molecular formula is C35H44FN3O4S. The third-order valence-electron chi connectivity index (χ3n) is 8.57. The number of halogens is 1. The molecule has 0 bridgehead atoms. The van der Waals surface area contributed by atoms with Crippen LogP contribution in [0.3, 0.4) is 0 Å². The summed E-state index contributed by atoms with van der Waals surface area (Å²) in [6.07, 6.45) is 3.58. The van der Waals surface area contributed by atoms with E-state index in [-0.39, 0.29) is 36.0 Å². The topological polar surface area (TPSA) is 70.2 Å². The maximum atomic E-state index is 14.4. The Balaban J connectivity index is 1.39. The molecule has 0 saturated carbocycles. The van der Waals surface area contributed by atoms with Crippen molar-refractivity contribution in [3.63, 3.8) is 0 Å². The Morgan fingerprint density at radius 3 is 2.39 bits per heavy atom. The summed E-state index contributed by atoms with van der Waals surface area (Å²) < 4.78 is 48.1. The number of benzene rings is 3. The number of likely N-dealkylation sites (N-methyl/N-ethyl adjacent to an activating group) is 1. The zero-order valence-corrected chi connectivity index (χ0v) is 26.8. The number of sulfonamides is 1. The fourth-order valence-corrected chi connectivity index (χ4v) is 7.13. The second-order valence-corrected chi connectivity index (χ2v) is 14.0. The minimum absolute atomic E-state index is 0.0338. The number of nitrogens with zero attached hydrogens (tertiary/aromatic N) is 3. The van der Waals surface area contributed by atoms with Crippen molar-refractivity contribution in [2.75, 3.05) is 39.8 Å². The fourth-order valence-electron chi connectivity index (χ4n) is 5.81. The van der Waals surface area contributed by atoms with Crippen molar-refractivity contribution in [2.24, 2.45) is 0 Å². The number of hydrogen-bond acceptors (Lipinski definition) is 5. The van der Waals surface area contributed by atoms with Crippen LogP contribution in [-0.2, 0) is 26.8 Å². The van der Waals surface area contributed by atoms with Gasteiger partial charge in [0.1, 0.15) is 12.4 Å². The van der Waals surface area contributed by atoms with Gasteiger partial charge in [-0.25, -0.2) is 21.9 Å². The van der Waals surface area contributed by atoms with Crippen molar-refractivity contribution in [3.05, 3.63) is 114 Å². The first-order valence-corrected chi connectivity index (χ1v) is 16.6. The number of amides is 1. The Kier molecular flexibility index (Phi) is 11.4. The van der Waals surface area contributed by atoms with Gasteiger partial charge in [-0.15, -0.1) is 6.58 Å². The molecule has 7 nitrogen and oxygen atoms in total. The summed E-state index contributed by atoms with van der Waals surface area (Å²) in [7, 11) is -2.14. The normalized spacial score (nSPS) is 15.9. The van der Waals surface area contributed by atoms with E-state index in [0.717, 1.165) is 42.6 Å². The monoisotopic (exact) mass is 621 g/mol. The first-order valence-electron chi connectivity index (χ1n) is 15.1. The standard InChI is InChI=1S/C35H44FN3O4S/c1-5-21-39(34(40)43-26-29-16-14-28(2)15-17-29)32-18-22-38(23-19-32)24-20-35(3,30-10-9-11-31(36)25-30)27-37(4)44(41,42)33-12-7-6-8-13-33/h5-17,25,32H,1,18-24,26-27H2,2-4H3. The summed E-state index contributed by atoms with van der Waals surface area (Å²) in [5, 5.41) is 0. The SMILES string of the molecule is C=CCN(C(=O)OCc1ccc(C)cc1)C1CCN(CCC(C)(CN(C)S(=O)(=O)c2ccccc2)c2cccc(F)c2)CC1. The summed E-state index contributed by atoms with van der Waals surface area (Å²) in [6, 6.07) is 22.8. The highest BCUT2D eigenvalue weighted by Gasteiger charge is 2.35. The molecule has 0 radical (unpaired) electrons. The molecule has 4 rings (SSSR count). The highest BCUT2D eigenvalue weighted by Crippen LogP contribution is 2.32. The Morgan fingerprint density at radius 1 is 1.07 bits per heavy atom. The molecule has 0 spiro atoms. The summed E-state index contributed by atoms with van der Waals surface area (Å²) >= 11 is 0. The zero-order chi connectivity index (χ0) is 31.7. The summed E-state index contributed by atoms with van der Waals surface area (Å²) in [5.74, 6) is -0.348. The Labute approximate surface area is 262 Å². The van der Waals surface area contributed by atoms with Crippen molar-refractivity contribution in [1.82, 2.24) is 14.1 Å². The molecule has 1 atom stereocenters. The smallest absolute Gasteiger partial charge is 0.410 e. The molecule has 1 unspecified atom stereocenters. The van der Waals surface area contributed by atoms with Crippen LogP contribution in [0.4, 0.5) is 9.18 Å². The molecule has 236 valence electrons. The largest absolute Gasteiger partial charge is 0.445 e. The first kappa shape index (κ1) is 33.4. The quantitative estimate of drug-likeness (QED) is 0.207. The lowest BCUT2D eigenvalue weighted by Crippen LogP contribution is -2.48. The van der Waals surface area contributed by atoms with E-state index in [1.807, 2.05) is 44.2 Å². The van der Waals surface area contributed by atoms with Crippen LogP contribution in [0.25, 0.3) is 0 Å². The van der Waals surface area contributed by atoms with Crippen LogP contribution in [0.2, 0.25) is 0 Å². The minimum atomic E-state index is -3.72. The molecule has 1 saturated heterocycles. The van der Waals surface area contributed by atoms with Crippen LogP contribution in [-0.4, -0.2) is 74.4 Å². The third-order valence-corrected chi connectivity index (χ3v) is 10.4. The third kappa shape index (κ3) is 8.55. The van der Waals surface area contributed by atoms with E-state index in [9.17, 15) is 17.6 Å². The Bertz CT molecular complexity index is 1490. The molecule has 1 heterocycles. The van der Waals surface area contributed by atoms with Crippen molar-refractivity contribution >= 4 is 16.1 Å². The van der Waals surface area contributed by atoms with Crippen LogP contribution in [0.1, 0.15) is 42.9 Å².